The van der Waals surface area contributed by atoms with Crippen molar-refractivity contribution in [2.45, 2.75) is 70.8 Å². The minimum Gasteiger partial charge on any atom is -0.376 e. The number of carbonyl (C=O) groups is 2. The fraction of sp³-hybridized carbons (Fsp3) is 0.842. The molecule has 1 saturated heterocycles. The van der Waals surface area contributed by atoms with E-state index in [1.807, 2.05) is 6.92 Å². The largest absolute Gasteiger partial charge is 0.376 e. The van der Waals surface area contributed by atoms with Gasteiger partial charge in [0.15, 0.2) is 5.96 Å². The lowest BCUT2D eigenvalue weighted by molar-refractivity contribution is -0.147. The third kappa shape index (κ3) is 7.32. The number of carbonyl (C=O) groups excluding carboxylic acids is 2. The molecule has 2 fully saturated rings. The van der Waals surface area contributed by atoms with Crippen molar-refractivity contribution < 1.29 is 14.3 Å². The van der Waals surface area contributed by atoms with E-state index in [0.29, 0.717) is 57.6 Å². The Morgan fingerprint density at radius 3 is 2.42 bits per heavy atom. The van der Waals surface area contributed by atoms with Gasteiger partial charge in [-0.1, -0.05) is 25.7 Å². The van der Waals surface area contributed by atoms with Gasteiger partial charge in [-0.15, -0.1) is 0 Å². The monoisotopic (exact) mass is 366 g/mol. The number of hydrogen-bond acceptors (Lipinski definition) is 4. The van der Waals surface area contributed by atoms with E-state index in [1.165, 1.54) is 43.4 Å². The normalized spacial score (nSPS) is 20.2. The molecule has 0 bridgehead atoms. The van der Waals surface area contributed by atoms with Crippen molar-refractivity contribution in [1.29, 1.82) is 0 Å². The Balaban J connectivity index is 1.68. The molecule has 148 valence electrons. The van der Waals surface area contributed by atoms with Crippen LogP contribution in [0.3, 0.4) is 0 Å². The number of ether oxygens (including phenoxy) is 1. The molecule has 2 N–H and O–H groups in total. The topological polar surface area (TPSA) is 83.0 Å². The lowest BCUT2D eigenvalue weighted by Gasteiger charge is -2.25. The van der Waals surface area contributed by atoms with E-state index in [2.05, 4.69) is 15.6 Å². The molecule has 0 radical (unpaired) electrons. The molecule has 1 saturated carbocycles. The number of amides is 2. The number of hydrogen-bond donors (Lipinski definition) is 2. The molecule has 0 unspecified atom stereocenters. The fourth-order valence-corrected chi connectivity index (χ4v) is 3.46. The first-order valence-electron chi connectivity index (χ1n) is 10.2. The lowest BCUT2D eigenvalue weighted by Crippen LogP contribution is -2.46. The number of aliphatic imine (C=N–C) groups is 1. The van der Waals surface area contributed by atoms with Gasteiger partial charge < -0.3 is 15.4 Å². The van der Waals surface area contributed by atoms with Crippen LogP contribution in [0.25, 0.3) is 0 Å². The second-order valence-corrected chi connectivity index (χ2v) is 6.96. The molecule has 1 heterocycles. The zero-order valence-electron chi connectivity index (χ0n) is 16.1. The van der Waals surface area contributed by atoms with Gasteiger partial charge in [-0.25, -0.2) is 0 Å². The highest BCUT2D eigenvalue weighted by Gasteiger charge is 2.25. The summed E-state index contributed by atoms with van der Waals surface area (Å²) in [5.41, 5.74) is 0. The second kappa shape index (κ2) is 11.9. The van der Waals surface area contributed by atoms with E-state index < -0.39 is 0 Å². The van der Waals surface area contributed by atoms with Gasteiger partial charge in [0.1, 0.15) is 0 Å². The molecule has 2 rings (SSSR count). The van der Waals surface area contributed by atoms with Crippen LogP contribution in [-0.4, -0.2) is 61.6 Å². The van der Waals surface area contributed by atoms with Gasteiger partial charge in [0.05, 0.1) is 19.3 Å². The first-order chi connectivity index (χ1) is 12.7. The van der Waals surface area contributed by atoms with Crippen LogP contribution < -0.4 is 10.6 Å². The van der Waals surface area contributed by atoms with Crippen LogP contribution in [0, 0.1) is 0 Å². The van der Waals surface area contributed by atoms with Crippen molar-refractivity contribution in [3.05, 3.63) is 0 Å². The zero-order valence-corrected chi connectivity index (χ0v) is 16.1. The van der Waals surface area contributed by atoms with Gasteiger partial charge in [0.25, 0.3) is 0 Å². The van der Waals surface area contributed by atoms with Crippen LogP contribution in [0.15, 0.2) is 4.99 Å². The zero-order chi connectivity index (χ0) is 18.6. The molecule has 1 aliphatic heterocycles. The summed E-state index contributed by atoms with van der Waals surface area (Å²) < 4.78 is 5.96. The van der Waals surface area contributed by atoms with Crippen molar-refractivity contribution in [2.75, 3.05) is 32.8 Å². The highest BCUT2D eigenvalue weighted by Crippen LogP contribution is 2.19. The molecule has 0 spiro atoms. The molecule has 0 atom stereocenters. The summed E-state index contributed by atoms with van der Waals surface area (Å²) in [5.74, 6) is 0.567. The quantitative estimate of drug-likeness (QED) is 0.225. The van der Waals surface area contributed by atoms with Gasteiger partial charge in [0.2, 0.25) is 11.8 Å². The Labute approximate surface area is 156 Å². The minimum atomic E-state index is -0.0678. The lowest BCUT2D eigenvalue weighted by atomic mass is 10.1. The Hall–Kier alpha value is -1.63. The van der Waals surface area contributed by atoms with Crippen molar-refractivity contribution in [2.24, 2.45) is 4.99 Å². The first kappa shape index (κ1) is 20.7. The standard InChI is InChI=1S/C19H34N4O3/c1-2-20-19(21-12-14-23-17(24)10-7-11-18(23)25)22-13-15-26-16-8-5-3-4-6-9-16/h16H,2-15H2,1H3,(H2,20,21,22). The fourth-order valence-electron chi connectivity index (χ4n) is 3.46. The highest BCUT2D eigenvalue weighted by atomic mass is 16.5. The van der Waals surface area contributed by atoms with E-state index >= 15 is 0 Å². The molecule has 2 aliphatic rings. The summed E-state index contributed by atoms with van der Waals surface area (Å²) in [5, 5.41) is 6.38. The molecule has 0 aromatic rings. The number of imide groups is 1. The first-order valence-corrected chi connectivity index (χ1v) is 10.2. The van der Waals surface area contributed by atoms with Crippen molar-refractivity contribution in [1.82, 2.24) is 15.5 Å². The molecule has 7 heteroatoms. The van der Waals surface area contributed by atoms with E-state index in [1.54, 1.807) is 0 Å². The van der Waals surface area contributed by atoms with Crippen LogP contribution in [0.2, 0.25) is 0 Å². The second-order valence-electron chi connectivity index (χ2n) is 6.96. The number of rotatable bonds is 8. The van der Waals surface area contributed by atoms with Crippen LogP contribution in [-0.2, 0) is 14.3 Å². The summed E-state index contributed by atoms with van der Waals surface area (Å²) in [7, 11) is 0. The van der Waals surface area contributed by atoms with E-state index in [9.17, 15) is 9.59 Å². The van der Waals surface area contributed by atoms with Crippen molar-refractivity contribution in [3.8, 4) is 0 Å². The Morgan fingerprint density at radius 2 is 1.77 bits per heavy atom. The molecule has 7 nitrogen and oxygen atoms in total. The molecule has 2 amide bonds. The summed E-state index contributed by atoms with van der Waals surface area (Å²) in [6.07, 6.45) is 9.53. The Kier molecular flexibility index (Phi) is 9.45. The summed E-state index contributed by atoms with van der Waals surface area (Å²) in [6, 6.07) is 0. The predicted octanol–water partition coefficient (Wildman–Crippen LogP) is 1.82. The van der Waals surface area contributed by atoms with Gasteiger partial charge in [-0.3, -0.25) is 19.5 Å². The number of nitrogens with zero attached hydrogens (tertiary/aromatic N) is 2. The molecule has 0 aromatic carbocycles. The van der Waals surface area contributed by atoms with Crippen LogP contribution in [0.5, 0.6) is 0 Å². The third-order valence-electron chi connectivity index (χ3n) is 4.87. The Bertz CT molecular complexity index is 457. The van der Waals surface area contributed by atoms with E-state index in [-0.39, 0.29) is 11.8 Å². The maximum Gasteiger partial charge on any atom is 0.229 e. The average molecular weight is 367 g/mol. The highest BCUT2D eigenvalue weighted by molar-refractivity contribution is 5.97. The number of likely N-dealkylation sites (tertiary alicyclic amines) is 1. The van der Waals surface area contributed by atoms with Gasteiger partial charge in [-0.2, -0.15) is 0 Å². The molecule has 1 aliphatic carbocycles. The van der Waals surface area contributed by atoms with E-state index in [0.717, 1.165) is 6.54 Å². The number of nitrogens with one attached hydrogen (secondary N) is 2. The maximum absolute atomic E-state index is 11.8. The van der Waals surface area contributed by atoms with Crippen LogP contribution >= 0.6 is 0 Å². The maximum atomic E-state index is 11.8. The van der Waals surface area contributed by atoms with Crippen molar-refractivity contribution >= 4 is 17.8 Å². The summed E-state index contributed by atoms with van der Waals surface area (Å²) in [4.78, 5) is 29.5. The number of guanidine groups is 1. The SMILES string of the molecule is CCNC(=NCCOC1CCCCCC1)NCCN1C(=O)CCCC1=O. The van der Waals surface area contributed by atoms with Gasteiger partial charge >= 0.3 is 0 Å². The Morgan fingerprint density at radius 1 is 1.08 bits per heavy atom. The van der Waals surface area contributed by atoms with Gasteiger partial charge in [-0.05, 0) is 26.2 Å². The predicted molar refractivity (Wildman–Crippen MR) is 102 cm³/mol. The average Bonchev–Trinajstić information content (AvgIpc) is 2.90. The molecular weight excluding hydrogens is 332 g/mol. The smallest absolute Gasteiger partial charge is 0.229 e. The summed E-state index contributed by atoms with van der Waals surface area (Å²) >= 11 is 0. The van der Waals surface area contributed by atoms with E-state index in [4.69, 9.17) is 4.74 Å². The van der Waals surface area contributed by atoms with Crippen molar-refractivity contribution in [3.63, 3.8) is 0 Å². The van der Waals surface area contributed by atoms with Crippen LogP contribution in [0.1, 0.15) is 64.7 Å². The van der Waals surface area contributed by atoms with Gasteiger partial charge in [0, 0.05) is 32.5 Å². The van der Waals surface area contributed by atoms with Crippen LogP contribution in [0.4, 0.5) is 0 Å². The molecule has 26 heavy (non-hydrogen) atoms. The third-order valence-corrected chi connectivity index (χ3v) is 4.87. The minimum absolute atomic E-state index is 0.0678. The molecule has 0 aromatic heterocycles. The molecular formula is C19H34N4O3. The summed E-state index contributed by atoms with van der Waals surface area (Å²) in [6.45, 7) is 4.90. The number of piperidine rings is 1.